The maximum Gasteiger partial charge on any atom is 0.317 e. The van der Waals surface area contributed by atoms with Crippen molar-refractivity contribution in [3.63, 3.8) is 0 Å². The summed E-state index contributed by atoms with van der Waals surface area (Å²) in [5.74, 6) is -4.13. The third-order valence-electron chi connectivity index (χ3n) is 16.0. The maximum atomic E-state index is 15.6. The summed E-state index contributed by atoms with van der Waals surface area (Å²) in [4.78, 5) is 118. The van der Waals surface area contributed by atoms with Crippen LogP contribution in [0.25, 0.3) is 21.8 Å². The summed E-state index contributed by atoms with van der Waals surface area (Å²) < 4.78 is 7.71. The lowest BCUT2D eigenvalue weighted by molar-refractivity contribution is -0.150. The Balaban J connectivity index is 1.34. The molecule has 3 aliphatic rings. The Labute approximate surface area is 477 Å². The second kappa shape index (κ2) is 26.2. The van der Waals surface area contributed by atoms with E-state index in [1.165, 1.54) is 35.7 Å². The molecule has 7 amide bonds. The van der Waals surface area contributed by atoms with Gasteiger partial charge in [-0.2, -0.15) is 4.98 Å². The van der Waals surface area contributed by atoms with Crippen LogP contribution < -0.4 is 26.0 Å². The molecule has 4 aromatic rings. The van der Waals surface area contributed by atoms with Gasteiger partial charge in [0, 0.05) is 62.2 Å². The Kier molecular flexibility index (Phi) is 19.9. The number of aliphatic hydroxyl groups is 1. The van der Waals surface area contributed by atoms with Crippen LogP contribution in [-0.2, 0) is 51.9 Å². The molecule has 19 heteroatoms. The lowest BCUT2D eigenvalue weighted by Crippen LogP contribution is -2.61. The van der Waals surface area contributed by atoms with E-state index in [1.54, 1.807) is 38.2 Å². The van der Waals surface area contributed by atoms with Crippen LogP contribution >= 0.6 is 0 Å². The summed E-state index contributed by atoms with van der Waals surface area (Å²) in [6.07, 6.45) is 13.1. The molecule has 81 heavy (non-hydrogen) atoms. The molecule has 0 spiro atoms. The van der Waals surface area contributed by atoms with E-state index < -0.39 is 94.8 Å². The Bertz CT molecular complexity index is 2990. The number of carbonyl (C=O) groups is 7. The molecule has 2 aromatic carbocycles. The van der Waals surface area contributed by atoms with Gasteiger partial charge in [-0.3, -0.25) is 33.6 Å². The van der Waals surface area contributed by atoms with Gasteiger partial charge in [-0.1, -0.05) is 89.5 Å². The monoisotopic (exact) mass is 1110 g/mol. The summed E-state index contributed by atoms with van der Waals surface area (Å²) in [6.45, 7) is 20.8. The number of allylic oxidation sites excluding steroid dienone is 1. The molecule has 7 atom stereocenters. The minimum atomic E-state index is -1.31. The Morgan fingerprint density at radius 3 is 2.10 bits per heavy atom. The minimum Gasteiger partial charge on any atom is -0.460 e. The number of likely N-dealkylation sites (N-methyl/N-ethyl adjacent to an activating group) is 2. The first-order valence-electron chi connectivity index (χ1n) is 28.8. The Morgan fingerprint density at radius 1 is 0.778 bits per heavy atom. The first-order valence-corrected chi connectivity index (χ1v) is 28.8. The van der Waals surface area contributed by atoms with E-state index in [2.05, 4.69) is 42.4 Å². The topological polar surface area (TPSA) is 237 Å². The van der Waals surface area contributed by atoms with Crippen LogP contribution in [0.2, 0.25) is 0 Å². The van der Waals surface area contributed by atoms with Gasteiger partial charge in [0.25, 0.3) is 0 Å². The molecule has 1 aliphatic carbocycles. The molecular formula is C62H86N10O9. The number of hydrogen-bond acceptors (Lipinski definition) is 11. The van der Waals surface area contributed by atoms with E-state index in [-0.39, 0.29) is 69.0 Å². The maximum absolute atomic E-state index is 15.6. The first-order chi connectivity index (χ1) is 38.2. The minimum absolute atomic E-state index is 0.00606. The fourth-order valence-electron chi connectivity index (χ4n) is 11.0. The number of nitrogens with zero attached hydrogens (tertiary/aromatic N) is 6. The zero-order valence-electron chi connectivity index (χ0n) is 49.3. The van der Waals surface area contributed by atoms with E-state index in [9.17, 15) is 14.7 Å². The summed E-state index contributed by atoms with van der Waals surface area (Å²) in [5.41, 5.74) is 1.10. The van der Waals surface area contributed by atoms with Crippen molar-refractivity contribution in [1.82, 2.24) is 50.5 Å². The van der Waals surface area contributed by atoms with Crippen molar-refractivity contribution in [3.8, 4) is 6.01 Å². The van der Waals surface area contributed by atoms with Crippen LogP contribution in [0, 0.1) is 17.8 Å². The number of fused-ring (bicyclic) bond motifs is 4. The van der Waals surface area contributed by atoms with Crippen molar-refractivity contribution in [2.45, 2.75) is 180 Å². The number of aromatic nitrogens is 3. The van der Waals surface area contributed by atoms with E-state index >= 15 is 24.0 Å². The molecule has 4 heterocycles. The molecule has 5 N–H and O–H groups in total. The molecule has 2 bridgehead atoms. The van der Waals surface area contributed by atoms with Gasteiger partial charge < -0.3 is 50.4 Å². The van der Waals surface area contributed by atoms with Gasteiger partial charge >= 0.3 is 6.01 Å². The predicted octanol–water partition coefficient (Wildman–Crippen LogP) is 5.90. The second-order valence-electron chi connectivity index (χ2n) is 24.6. The number of amides is 7. The van der Waals surface area contributed by atoms with E-state index in [0.717, 1.165) is 35.7 Å². The van der Waals surface area contributed by atoms with Gasteiger partial charge in [0.15, 0.2) is 0 Å². The SMILES string of the molecule is C=CC(C)(C)n1cc(C[C@@H]2NC(=O)[C@H](CC3CCC3)NC(=O)[C@H](CC(C)C)N3CC/C=C\C[C@@H](C3=O)N(C)C(=O)[C@H](C)NC(=O)[C@H](Cc3ccc4nc(OCC(C)(C)O)ncc4c3)NC(=O)[C@H](CC(C)C)N(C)C2=O)c2ccccc21. The van der Waals surface area contributed by atoms with Gasteiger partial charge in [-0.15, -0.1) is 6.58 Å². The quantitative estimate of drug-likeness (QED) is 0.0880. The largest absolute Gasteiger partial charge is 0.460 e. The molecule has 19 nitrogen and oxygen atoms in total. The molecule has 0 unspecified atom stereocenters. The Hall–Kier alpha value is -7.15. The lowest BCUT2D eigenvalue weighted by atomic mass is 9.80. The average molecular weight is 1120 g/mol. The van der Waals surface area contributed by atoms with Gasteiger partial charge in [0.1, 0.15) is 48.9 Å². The molecule has 2 fully saturated rings. The molecule has 0 radical (unpaired) electrons. The van der Waals surface area contributed by atoms with Crippen LogP contribution in [-0.4, -0.2) is 151 Å². The number of ether oxygens (including phenoxy) is 1. The standard InChI is InChI=1S/C62H86N10O9/c1-13-61(7,8)72-35-43(44-22-16-17-23-49(44)72)33-48-58(78)70(12)51(28-37(2)3)55(75)65-47(32-41-25-26-45-42(30-41)34-63-60(68-45)81-36-62(9,10)80)53(73)64-39(6)57(77)69(11)50-24-15-14-18-27-71(59(50)79)52(29-38(4)5)56(76)66-46(54(74)67-48)31-40-20-19-21-40/h13-17,22-23,25-26,30,34-35,37-40,46-48,50-52,80H,1,18-21,24,27-29,31-33,36H2,2-12H3,(H,64,73)(H,65,75)(H,66,76)(H,67,74)/b15-14-/t39-,46-,47-,48-,50-,51-,52-/m0/s1. The molecule has 438 valence electrons. The second-order valence-corrected chi connectivity index (χ2v) is 24.6. The molecule has 2 aromatic heterocycles. The number of rotatable bonds is 15. The van der Waals surface area contributed by atoms with E-state index in [1.807, 2.05) is 90.2 Å². The highest BCUT2D eigenvalue weighted by atomic mass is 16.5. The van der Waals surface area contributed by atoms with E-state index in [0.29, 0.717) is 29.3 Å². The van der Waals surface area contributed by atoms with Crippen molar-refractivity contribution in [1.29, 1.82) is 0 Å². The lowest BCUT2D eigenvalue weighted by Gasteiger charge is -2.39. The van der Waals surface area contributed by atoms with Crippen LogP contribution in [0.1, 0.15) is 125 Å². The number of para-hydroxylation sites is 1. The molecule has 7 rings (SSSR count). The van der Waals surface area contributed by atoms with Crippen LogP contribution in [0.3, 0.4) is 0 Å². The van der Waals surface area contributed by atoms with Gasteiger partial charge in [0.05, 0.1) is 16.7 Å². The number of nitrogens with one attached hydrogen (secondary N) is 4. The highest BCUT2D eigenvalue weighted by molar-refractivity contribution is 5.99. The fraction of sp³-hybridized carbons (Fsp3) is 0.565. The van der Waals surface area contributed by atoms with Crippen LogP contribution in [0.5, 0.6) is 6.01 Å². The molecule has 1 saturated heterocycles. The van der Waals surface area contributed by atoms with E-state index in [4.69, 9.17) is 4.74 Å². The van der Waals surface area contributed by atoms with Gasteiger partial charge in [0.2, 0.25) is 41.4 Å². The van der Waals surface area contributed by atoms with Gasteiger partial charge in [-0.05, 0) is 114 Å². The molecule has 1 saturated carbocycles. The highest BCUT2D eigenvalue weighted by Crippen LogP contribution is 2.33. The third kappa shape index (κ3) is 15.3. The summed E-state index contributed by atoms with van der Waals surface area (Å²) >= 11 is 0. The van der Waals surface area contributed by atoms with Crippen molar-refractivity contribution < 1.29 is 43.4 Å². The van der Waals surface area contributed by atoms with Crippen molar-refractivity contribution in [3.05, 3.63) is 90.8 Å². The number of benzene rings is 2. The fourth-order valence-corrected chi connectivity index (χ4v) is 11.0. The number of carbonyl (C=O) groups excluding carboxylic acids is 7. The highest BCUT2D eigenvalue weighted by Gasteiger charge is 2.42. The average Bonchev–Trinajstić information content (AvgIpc) is 3.81. The summed E-state index contributed by atoms with van der Waals surface area (Å²) in [6, 6.07) is 5.02. The predicted molar refractivity (Wildman–Crippen MR) is 311 cm³/mol. The normalized spacial score (nSPS) is 24.2. The first kappa shape index (κ1) is 61.5. The molecule has 2 aliphatic heterocycles. The zero-order valence-corrected chi connectivity index (χ0v) is 49.3. The Morgan fingerprint density at radius 2 is 1.43 bits per heavy atom. The van der Waals surface area contributed by atoms with Crippen molar-refractivity contribution >= 4 is 63.2 Å². The molecular weight excluding hydrogens is 1030 g/mol. The van der Waals surface area contributed by atoms with Crippen molar-refractivity contribution in [2.24, 2.45) is 17.8 Å². The zero-order chi connectivity index (χ0) is 59.1. The van der Waals surface area contributed by atoms with Crippen LogP contribution in [0.15, 0.2) is 79.7 Å². The summed E-state index contributed by atoms with van der Waals surface area (Å²) in [5, 5.41) is 23.7. The summed E-state index contributed by atoms with van der Waals surface area (Å²) in [7, 11) is 3.03. The smallest absolute Gasteiger partial charge is 0.317 e. The third-order valence-corrected chi connectivity index (χ3v) is 16.0. The van der Waals surface area contributed by atoms with Crippen LogP contribution in [0.4, 0.5) is 0 Å². The number of hydrogen-bond donors (Lipinski definition) is 5. The van der Waals surface area contributed by atoms with Gasteiger partial charge in [-0.25, -0.2) is 4.98 Å². The van der Waals surface area contributed by atoms with Crippen molar-refractivity contribution in [2.75, 3.05) is 27.2 Å².